The van der Waals surface area contributed by atoms with Crippen LogP contribution in [0.1, 0.15) is 35.7 Å². The number of aliphatic hydroxyl groups is 1. The van der Waals surface area contributed by atoms with Gasteiger partial charge in [-0.15, -0.1) is 0 Å². The lowest BCUT2D eigenvalue weighted by molar-refractivity contribution is -0.138. The summed E-state index contributed by atoms with van der Waals surface area (Å²) >= 11 is 0. The largest absolute Gasteiger partial charge is 0.491 e. The Kier molecular flexibility index (Phi) is 8.92. The summed E-state index contributed by atoms with van der Waals surface area (Å²) in [6, 6.07) is 12.9. The molecule has 188 valence electrons. The summed E-state index contributed by atoms with van der Waals surface area (Å²) in [7, 11) is 0. The van der Waals surface area contributed by atoms with Crippen LogP contribution >= 0.6 is 0 Å². The Morgan fingerprint density at radius 1 is 1.14 bits per heavy atom. The van der Waals surface area contributed by atoms with Gasteiger partial charge in [0.2, 0.25) is 0 Å². The molecular weight excluding hydrogens is 465 g/mol. The molecule has 1 saturated carbocycles. The SMILES string of the molecule is CC[C@@H]1[C@@H](/C=C/[C@@H](O)COc2cccc(C(F)(F)F)c2)[C@H](OC(=O)c2ccccc2)C[C@@H]1OC=O. The van der Waals surface area contributed by atoms with Crippen molar-refractivity contribution in [1.82, 2.24) is 0 Å². The van der Waals surface area contributed by atoms with Crippen molar-refractivity contribution in [2.45, 2.75) is 44.3 Å². The van der Waals surface area contributed by atoms with Crippen molar-refractivity contribution in [2.75, 3.05) is 6.61 Å². The molecule has 1 N–H and O–H groups in total. The van der Waals surface area contributed by atoms with Crippen LogP contribution in [0.2, 0.25) is 0 Å². The molecule has 0 saturated heterocycles. The summed E-state index contributed by atoms with van der Waals surface area (Å²) in [6.07, 6.45) is -2.60. The fourth-order valence-electron chi connectivity index (χ4n) is 4.28. The minimum absolute atomic E-state index is 0.0197. The van der Waals surface area contributed by atoms with Crippen LogP contribution in [0.15, 0.2) is 66.7 Å². The topological polar surface area (TPSA) is 82.1 Å². The highest BCUT2D eigenvalue weighted by Gasteiger charge is 2.44. The van der Waals surface area contributed by atoms with E-state index in [1.165, 1.54) is 18.2 Å². The molecule has 6 nitrogen and oxygen atoms in total. The normalized spacial score (nSPS) is 23.1. The second-order valence-corrected chi connectivity index (χ2v) is 8.25. The van der Waals surface area contributed by atoms with Crippen molar-refractivity contribution in [3.05, 3.63) is 77.9 Å². The van der Waals surface area contributed by atoms with Crippen LogP contribution in [0.4, 0.5) is 13.2 Å². The van der Waals surface area contributed by atoms with Gasteiger partial charge in [0.25, 0.3) is 6.47 Å². The number of halogens is 3. The standard InChI is InChI=1S/C26H27F3O6/c1-2-21-22(12-11-19(31)15-33-20-10-6-9-18(13-20)26(27,28)29)24(14-23(21)34-16-30)35-25(32)17-7-4-3-5-8-17/h3-13,16,19,21-24,31H,2,14-15H2,1H3/b12-11+/t19-,21-,22-,23+,24-/m1/s1. The summed E-state index contributed by atoms with van der Waals surface area (Å²) in [6.45, 7) is 2.01. The van der Waals surface area contributed by atoms with Crippen LogP contribution < -0.4 is 4.74 Å². The number of alkyl halides is 3. The van der Waals surface area contributed by atoms with Crippen LogP contribution in [-0.2, 0) is 20.4 Å². The summed E-state index contributed by atoms with van der Waals surface area (Å²) in [5.41, 5.74) is -0.460. The lowest BCUT2D eigenvalue weighted by atomic mass is 9.90. The number of hydrogen-bond acceptors (Lipinski definition) is 6. The van der Waals surface area contributed by atoms with E-state index in [1.807, 2.05) is 6.92 Å². The number of hydrogen-bond donors (Lipinski definition) is 1. The first kappa shape index (κ1) is 26.3. The zero-order chi connectivity index (χ0) is 25.4. The maximum Gasteiger partial charge on any atom is 0.416 e. The molecule has 0 aromatic heterocycles. The number of esters is 1. The molecule has 0 unspecified atom stereocenters. The van der Waals surface area contributed by atoms with Crippen LogP contribution in [0.5, 0.6) is 5.75 Å². The number of ether oxygens (including phenoxy) is 3. The second-order valence-electron chi connectivity index (χ2n) is 8.25. The van der Waals surface area contributed by atoms with E-state index in [2.05, 4.69) is 0 Å². The van der Waals surface area contributed by atoms with E-state index in [4.69, 9.17) is 14.2 Å². The monoisotopic (exact) mass is 492 g/mol. The number of benzene rings is 2. The number of aliphatic hydroxyl groups excluding tert-OH is 1. The van der Waals surface area contributed by atoms with Crippen molar-refractivity contribution >= 4 is 12.4 Å². The number of carbonyl (C=O) groups is 2. The zero-order valence-corrected chi connectivity index (χ0v) is 19.1. The fraction of sp³-hybridized carbons (Fsp3) is 0.385. The third kappa shape index (κ3) is 7.08. The van der Waals surface area contributed by atoms with E-state index in [0.29, 0.717) is 24.9 Å². The molecule has 3 rings (SSSR count). The Morgan fingerprint density at radius 3 is 2.54 bits per heavy atom. The molecule has 0 radical (unpaired) electrons. The quantitative estimate of drug-likeness (QED) is 0.291. The molecule has 2 aromatic carbocycles. The molecule has 9 heteroatoms. The highest BCUT2D eigenvalue weighted by molar-refractivity contribution is 5.89. The van der Waals surface area contributed by atoms with E-state index in [1.54, 1.807) is 36.4 Å². The zero-order valence-electron chi connectivity index (χ0n) is 19.1. The molecule has 0 aliphatic heterocycles. The first-order chi connectivity index (χ1) is 16.7. The van der Waals surface area contributed by atoms with Crippen LogP contribution in [0.3, 0.4) is 0 Å². The summed E-state index contributed by atoms with van der Waals surface area (Å²) < 4.78 is 54.9. The maximum atomic E-state index is 12.9. The van der Waals surface area contributed by atoms with E-state index in [0.717, 1.165) is 12.1 Å². The molecule has 1 aliphatic rings. The van der Waals surface area contributed by atoms with Crippen molar-refractivity contribution in [2.24, 2.45) is 11.8 Å². The molecule has 0 heterocycles. The van der Waals surface area contributed by atoms with E-state index < -0.39 is 36.0 Å². The lowest BCUT2D eigenvalue weighted by Gasteiger charge is -2.22. The minimum atomic E-state index is -4.50. The molecule has 0 amide bonds. The molecule has 1 fully saturated rings. The van der Waals surface area contributed by atoms with E-state index >= 15 is 0 Å². The Balaban J connectivity index is 1.68. The van der Waals surface area contributed by atoms with Gasteiger partial charge in [-0.05, 0) is 36.8 Å². The van der Waals surface area contributed by atoms with Crippen molar-refractivity contribution in [1.29, 1.82) is 0 Å². The average Bonchev–Trinajstić information content (AvgIpc) is 3.17. The van der Waals surface area contributed by atoms with Gasteiger partial charge in [-0.3, -0.25) is 4.79 Å². The number of rotatable bonds is 10. The van der Waals surface area contributed by atoms with Gasteiger partial charge in [-0.2, -0.15) is 13.2 Å². The van der Waals surface area contributed by atoms with Crippen LogP contribution in [0, 0.1) is 11.8 Å². The maximum absolute atomic E-state index is 12.9. The van der Waals surface area contributed by atoms with Crippen molar-refractivity contribution < 1.29 is 42.1 Å². The van der Waals surface area contributed by atoms with Gasteiger partial charge in [-0.1, -0.05) is 43.3 Å². The molecule has 1 aliphatic carbocycles. The van der Waals surface area contributed by atoms with Crippen LogP contribution in [-0.4, -0.2) is 42.5 Å². The first-order valence-corrected chi connectivity index (χ1v) is 11.2. The Bertz CT molecular complexity index is 1010. The van der Waals surface area contributed by atoms with Gasteiger partial charge in [0.1, 0.15) is 30.7 Å². The molecule has 5 atom stereocenters. The van der Waals surface area contributed by atoms with Gasteiger partial charge < -0.3 is 19.3 Å². The van der Waals surface area contributed by atoms with Crippen LogP contribution in [0.25, 0.3) is 0 Å². The van der Waals surface area contributed by atoms with E-state index in [-0.39, 0.29) is 24.2 Å². The van der Waals surface area contributed by atoms with E-state index in [9.17, 15) is 27.9 Å². The Hall–Kier alpha value is -3.33. The third-order valence-corrected chi connectivity index (χ3v) is 5.97. The molecule has 35 heavy (non-hydrogen) atoms. The minimum Gasteiger partial charge on any atom is -0.491 e. The van der Waals surface area contributed by atoms with Gasteiger partial charge in [0.05, 0.1) is 11.1 Å². The van der Waals surface area contributed by atoms with Gasteiger partial charge in [0.15, 0.2) is 0 Å². The van der Waals surface area contributed by atoms with Crippen molar-refractivity contribution in [3.8, 4) is 5.75 Å². The molecule has 0 spiro atoms. The molecular formula is C26H27F3O6. The van der Waals surface area contributed by atoms with Gasteiger partial charge in [-0.25, -0.2) is 4.79 Å². The first-order valence-electron chi connectivity index (χ1n) is 11.2. The Labute approximate surface area is 201 Å². The summed E-state index contributed by atoms with van der Waals surface area (Å²) in [4.78, 5) is 23.6. The highest BCUT2D eigenvalue weighted by Crippen LogP contribution is 2.39. The second kappa shape index (κ2) is 11.9. The lowest BCUT2D eigenvalue weighted by Crippen LogP contribution is -2.25. The fourth-order valence-corrected chi connectivity index (χ4v) is 4.28. The van der Waals surface area contributed by atoms with Crippen molar-refractivity contribution in [3.63, 3.8) is 0 Å². The van der Waals surface area contributed by atoms with Gasteiger partial charge in [0, 0.05) is 18.3 Å². The third-order valence-electron chi connectivity index (χ3n) is 5.97. The highest BCUT2D eigenvalue weighted by atomic mass is 19.4. The summed E-state index contributed by atoms with van der Waals surface area (Å²) in [5, 5.41) is 10.3. The average molecular weight is 492 g/mol. The summed E-state index contributed by atoms with van der Waals surface area (Å²) in [5.74, 6) is -1.03. The number of carbonyl (C=O) groups excluding carboxylic acids is 2. The molecule has 0 bridgehead atoms. The molecule has 2 aromatic rings. The Morgan fingerprint density at radius 2 is 1.89 bits per heavy atom. The predicted octanol–water partition coefficient (Wildman–Crippen LogP) is 4.81. The predicted molar refractivity (Wildman–Crippen MR) is 121 cm³/mol. The van der Waals surface area contributed by atoms with Gasteiger partial charge >= 0.3 is 12.1 Å². The smallest absolute Gasteiger partial charge is 0.416 e.